The topological polar surface area (TPSA) is 70.7 Å². The summed E-state index contributed by atoms with van der Waals surface area (Å²) in [5.74, 6) is -0.658. The monoisotopic (exact) mass is 336 g/mol. The second kappa shape index (κ2) is 6.74. The van der Waals surface area contributed by atoms with Gasteiger partial charge in [0.25, 0.3) is 5.91 Å². The zero-order chi connectivity index (χ0) is 17.9. The highest BCUT2D eigenvalue weighted by Crippen LogP contribution is 2.29. The van der Waals surface area contributed by atoms with Crippen LogP contribution in [-0.4, -0.2) is 21.7 Å². The summed E-state index contributed by atoms with van der Waals surface area (Å²) in [5.41, 5.74) is -0.944. The number of alkyl halides is 3. The predicted molar refractivity (Wildman–Crippen MR) is 80.5 cm³/mol. The Morgan fingerprint density at radius 2 is 2.12 bits per heavy atom. The van der Waals surface area contributed by atoms with Crippen LogP contribution in [0.1, 0.15) is 42.0 Å². The zero-order valence-electron chi connectivity index (χ0n) is 13.1. The molecule has 0 radical (unpaired) electrons. The molecule has 0 bridgehead atoms. The van der Waals surface area contributed by atoms with Crippen molar-refractivity contribution in [2.24, 2.45) is 0 Å². The molecule has 0 spiro atoms. The molecule has 1 N–H and O–H groups in total. The van der Waals surface area contributed by atoms with Crippen molar-refractivity contribution < 1.29 is 18.0 Å². The molecule has 24 heavy (non-hydrogen) atoms. The van der Waals surface area contributed by atoms with E-state index in [1.54, 1.807) is 6.92 Å². The fourth-order valence-corrected chi connectivity index (χ4v) is 1.99. The first kappa shape index (κ1) is 17.5. The van der Waals surface area contributed by atoms with Gasteiger partial charge < -0.3 is 5.32 Å². The van der Waals surface area contributed by atoms with Crippen LogP contribution in [0.15, 0.2) is 30.3 Å². The number of hydrogen-bond acceptors (Lipinski definition) is 3. The van der Waals surface area contributed by atoms with Gasteiger partial charge in [-0.25, -0.2) is 4.68 Å². The number of carbonyl (C=O) groups is 1. The third-order valence-corrected chi connectivity index (χ3v) is 3.44. The van der Waals surface area contributed by atoms with Gasteiger partial charge in [0.15, 0.2) is 5.69 Å². The van der Waals surface area contributed by atoms with Crippen LogP contribution in [-0.2, 0) is 6.18 Å². The molecule has 0 aliphatic rings. The normalized spacial score (nSPS) is 12.5. The Kier molecular flexibility index (Phi) is 4.93. The highest BCUT2D eigenvalue weighted by molar-refractivity contribution is 5.93. The van der Waals surface area contributed by atoms with E-state index in [1.165, 1.54) is 24.3 Å². The Morgan fingerprint density at radius 1 is 1.42 bits per heavy atom. The molecule has 5 nitrogen and oxygen atoms in total. The molecule has 1 amide bonds. The maximum Gasteiger partial charge on any atom is 0.435 e. The standard InChI is InChI=1S/C16H15F3N4O/c1-3-10(2)21-15(24)13-8-14(16(17,18)19)22-23(13)12-6-4-5-11(7-12)9-20/h4-8,10H,3H2,1-2H3,(H,21,24)/t10-/m0/s1. The fourth-order valence-electron chi connectivity index (χ4n) is 1.99. The predicted octanol–water partition coefficient (Wildman–Crippen LogP) is 3.29. The average Bonchev–Trinajstić information content (AvgIpc) is 3.00. The van der Waals surface area contributed by atoms with Crippen molar-refractivity contribution in [1.29, 1.82) is 5.26 Å². The van der Waals surface area contributed by atoms with Crippen molar-refractivity contribution in [2.45, 2.75) is 32.5 Å². The molecule has 2 rings (SSSR count). The van der Waals surface area contributed by atoms with Gasteiger partial charge in [0.05, 0.1) is 17.3 Å². The number of nitrogens with zero attached hydrogens (tertiary/aromatic N) is 3. The van der Waals surface area contributed by atoms with Gasteiger partial charge in [-0.3, -0.25) is 4.79 Å². The average molecular weight is 336 g/mol. The van der Waals surface area contributed by atoms with E-state index >= 15 is 0 Å². The second-order valence-electron chi connectivity index (χ2n) is 5.27. The smallest absolute Gasteiger partial charge is 0.348 e. The molecular weight excluding hydrogens is 321 g/mol. The van der Waals surface area contributed by atoms with Gasteiger partial charge >= 0.3 is 6.18 Å². The van der Waals surface area contributed by atoms with E-state index in [1.807, 2.05) is 13.0 Å². The number of amides is 1. The molecular formula is C16H15F3N4O. The van der Waals surface area contributed by atoms with Crippen LogP contribution in [0, 0.1) is 11.3 Å². The quantitative estimate of drug-likeness (QED) is 0.931. The molecule has 0 aliphatic heterocycles. The van der Waals surface area contributed by atoms with Crippen LogP contribution < -0.4 is 5.32 Å². The highest BCUT2D eigenvalue weighted by atomic mass is 19.4. The SMILES string of the molecule is CC[C@H](C)NC(=O)c1cc(C(F)(F)F)nn1-c1cccc(C#N)c1. The molecule has 8 heteroatoms. The second-order valence-corrected chi connectivity index (χ2v) is 5.27. The summed E-state index contributed by atoms with van der Waals surface area (Å²) < 4.78 is 39.8. The minimum absolute atomic E-state index is 0.194. The van der Waals surface area contributed by atoms with E-state index in [4.69, 9.17) is 5.26 Å². The van der Waals surface area contributed by atoms with Crippen molar-refractivity contribution in [3.63, 3.8) is 0 Å². The molecule has 0 saturated heterocycles. The molecule has 0 unspecified atom stereocenters. The Balaban J connectivity index is 2.54. The van der Waals surface area contributed by atoms with E-state index in [0.717, 1.165) is 4.68 Å². The Labute approximate surface area is 136 Å². The third kappa shape index (κ3) is 3.74. The van der Waals surface area contributed by atoms with Crippen LogP contribution in [0.5, 0.6) is 0 Å². The minimum atomic E-state index is -4.68. The molecule has 0 saturated carbocycles. The van der Waals surface area contributed by atoms with Crippen LogP contribution in [0.25, 0.3) is 5.69 Å². The molecule has 2 aromatic rings. The first-order valence-corrected chi connectivity index (χ1v) is 7.25. The van der Waals surface area contributed by atoms with Crippen LogP contribution in [0.2, 0.25) is 0 Å². The summed E-state index contributed by atoms with van der Waals surface area (Å²) in [6.45, 7) is 3.60. The van der Waals surface area contributed by atoms with Gasteiger partial charge in [-0.05, 0) is 31.5 Å². The first-order chi connectivity index (χ1) is 11.3. The number of benzene rings is 1. The van der Waals surface area contributed by atoms with Crippen LogP contribution in [0.4, 0.5) is 13.2 Å². The third-order valence-electron chi connectivity index (χ3n) is 3.44. The maximum atomic E-state index is 13.0. The summed E-state index contributed by atoms with van der Waals surface area (Å²) in [4.78, 5) is 12.3. The van der Waals surface area contributed by atoms with E-state index in [9.17, 15) is 18.0 Å². The van der Waals surface area contributed by atoms with E-state index in [2.05, 4.69) is 10.4 Å². The molecule has 1 aromatic carbocycles. The van der Waals surface area contributed by atoms with Crippen molar-refractivity contribution >= 4 is 5.91 Å². The highest BCUT2D eigenvalue weighted by Gasteiger charge is 2.36. The zero-order valence-corrected chi connectivity index (χ0v) is 13.1. The molecule has 0 aliphatic carbocycles. The largest absolute Gasteiger partial charge is 0.435 e. The number of rotatable bonds is 4. The van der Waals surface area contributed by atoms with Gasteiger partial charge in [-0.1, -0.05) is 13.0 Å². The number of hydrogen-bond donors (Lipinski definition) is 1. The Morgan fingerprint density at radius 3 is 2.71 bits per heavy atom. The molecule has 1 aromatic heterocycles. The summed E-state index contributed by atoms with van der Waals surface area (Å²) >= 11 is 0. The van der Waals surface area contributed by atoms with E-state index in [0.29, 0.717) is 12.5 Å². The minimum Gasteiger partial charge on any atom is -0.348 e. The summed E-state index contributed by atoms with van der Waals surface area (Å²) in [7, 11) is 0. The van der Waals surface area contributed by atoms with Gasteiger partial charge in [-0.2, -0.15) is 23.5 Å². The number of aromatic nitrogens is 2. The lowest BCUT2D eigenvalue weighted by Gasteiger charge is -2.12. The lowest BCUT2D eigenvalue weighted by atomic mass is 10.2. The Bertz CT molecular complexity index is 789. The first-order valence-electron chi connectivity index (χ1n) is 7.25. The van der Waals surface area contributed by atoms with Crippen molar-refractivity contribution in [2.75, 3.05) is 0 Å². The lowest BCUT2D eigenvalue weighted by Crippen LogP contribution is -2.33. The van der Waals surface area contributed by atoms with Gasteiger partial charge in [0, 0.05) is 12.1 Å². The fraction of sp³-hybridized carbons (Fsp3) is 0.312. The molecule has 0 fully saturated rings. The number of halogens is 3. The van der Waals surface area contributed by atoms with Crippen molar-refractivity contribution in [3.05, 3.63) is 47.3 Å². The Hall–Kier alpha value is -2.82. The van der Waals surface area contributed by atoms with Gasteiger partial charge in [0.1, 0.15) is 5.69 Å². The number of nitrogens with one attached hydrogen (secondary N) is 1. The summed E-state index contributed by atoms with van der Waals surface area (Å²) in [6.07, 6.45) is -4.04. The van der Waals surface area contributed by atoms with Crippen molar-refractivity contribution in [3.8, 4) is 11.8 Å². The molecule has 1 heterocycles. The summed E-state index contributed by atoms with van der Waals surface area (Å²) in [6, 6.07) is 8.28. The van der Waals surface area contributed by atoms with E-state index in [-0.39, 0.29) is 23.0 Å². The van der Waals surface area contributed by atoms with Crippen molar-refractivity contribution in [1.82, 2.24) is 15.1 Å². The van der Waals surface area contributed by atoms with E-state index < -0.39 is 17.8 Å². The van der Waals surface area contributed by atoms with Gasteiger partial charge in [-0.15, -0.1) is 0 Å². The maximum absolute atomic E-state index is 13.0. The van der Waals surface area contributed by atoms with Crippen LogP contribution >= 0.6 is 0 Å². The molecule has 1 atom stereocenters. The number of carbonyl (C=O) groups excluding carboxylic acids is 1. The lowest BCUT2D eigenvalue weighted by molar-refractivity contribution is -0.141. The summed E-state index contributed by atoms with van der Waals surface area (Å²) in [5, 5.41) is 15.1. The van der Waals surface area contributed by atoms with Crippen LogP contribution in [0.3, 0.4) is 0 Å². The number of nitriles is 1. The van der Waals surface area contributed by atoms with Gasteiger partial charge in [0.2, 0.25) is 0 Å². The molecule has 126 valence electrons.